The molecule has 0 aliphatic heterocycles. The standard InChI is InChI=1S/Bi.Co.O.P. The minimum atomic E-state index is 0. The van der Waals surface area contributed by atoms with Gasteiger partial charge in [0.15, 0.2) is 0 Å². The van der Waals surface area contributed by atoms with Crippen molar-refractivity contribution >= 4 is 36.1 Å². The van der Waals surface area contributed by atoms with Gasteiger partial charge in [0.25, 0.3) is 0 Å². The van der Waals surface area contributed by atoms with Crippen molar-refractivity contribution in [1.29, 1.82) is 0 Å². The maximum absolute atomic E-state index is 0. The monoisotopic (exact) mass is 315 g/mol. The van der Waals surface area contributed by atoms with Crippen molar-refractivity contribution in [3.8, 4) is 0 Å². The van der Waals surface area contributed by atoms with E-state index >= 15 is 0 Å². The van der Waals surface area contributed by atoms with E-state index in [4.69, 9.17) is 0 Å². The van der Waals surface area contributed by atoms with E-state index in [1.165, 1.54) is 0 Å². The van der Waals surface area contributed by atoms with E-state index in [9.17, 15) is 0 Å². The van der Waals surface area contributed by atoms with Crippen LogP contribution in [0.1, 0.15) is 0 Å². The van der Waals surface area contributed by atoms with Crippen LogP contribution in [0.3, 0.4) is 0 Å². The van der Waals surface area contributed by atoms with Crippen molar-refractivity contribution in [2.24, 2.45) is 0 Å². The van der Waals surface area contributed by atoms with Crippen LogP contribution in [0, 0.1) is 0 Å². The molecule has 0 amide bonds. The average molecular weight is 315 g/mol. The Balaban J connectivity index is 0. The van der Waals surface area contributed by atoms with Gasteiger partial charge < -0.3 is 0 Å². The predicted molar refractivity (Wildman–Crippen MR) is 13.4 cm³/mol. The van der Waals surface area contributed by atoms with Crippen LogP contribution < -0.4 is 0 Å². The van der Waals surface area contributed by atoms with Gasteiger partial charge in [0.2, 0.25) is 0 Å². The molecule has 0 bridgehead atoms. The topological polar surface area (TPSA) is 28.5 Å². The minimum absolute atomic E-state index is 0. The molecule has 0 aromatic carbocycles. The molecule has 1 nitrogen and oxygen atoms in total. The van der Waals surface area contributed by atoms with Crippen molar-refractivity contribution in [3.05, 3.63) is 0 Å². The maximum atomic E-state index is 0. The molecule has 25 valence electrons. The molecule has 0 aromatic heterocycles. The van der Waals surface area contributed by atoms with Crippen LogP contribution in [0.5, 0.6) is 0 Å². The summed E-state index contributed by atoms with van der Waals surface area (Å²) in [6, 6.07) is 0. The first-order chi connectivity index (χ1) is 0. The maximum Gasteiger partial charge on any atom is 0 e. The molecule has 0 aliphatic rings. The Bertz CT molecular complexity index is 8.00. The van der Waals surface area contributed by atoms with Crippen molar-refractivity contribution in [3.63, 3.8) is 0 Å². The molecule has 4 heavy (non-hydrogen) atoms. The van der Waals surface area contributed by atoms with Gasteiger partial charge in [0.1, 0.15) is 0 Å². The molecule has 0 aromatic rings. The van der Waals surface area contributed by atoms with E-state index < -0.39 is 0 Å². The zero-order valence-electron chi connectivity index (χ0n) is 1.64. The Labute approximate surface area is 58.2 Å². The quantitative estimate of drug-likeness (QED) is 0.456. The van der Waals surface area contributed by atoms with Crippen LogP contribution in [0.25, 0.3) is 0 Å². The van der Waals surface area contributed by atoms with Gasteiger partial charge in [0.05, 0.1) is 0 Å². The molecule has 0 unspecified atom stereocenters. The summed E-state index contributed by atoms with van der Waals surface area (Å²) in [5, 5.41) is 0. The van der Waals surface area contributed by atoms with Gasteiger partial charge in [0, 0.05) is 58.4 Å². The van der Waals surface area contributed by atoms with Gasteiger partial charge >= 0.3 is 0 Å². The van der Waals surface area contributed by atoms with Crippen LogP contribution in [-0.2, 0) is 22.3 Å². The summed E-state index contributed by atoms with van der Waals surface area (Å²) >= 11 is 0. The second-order valence-electron chi connectivity index (χ2n) is 0. The Morgan fingerprint density at radius 1 is 1.00 bits per heavy atom. The second kappa shape index (κ2) is 21.6. The third-order valence-corrected chi connectivity index (χ3v) is 0. The predicted octanol–water partition coefficient (Wildman–Crippen LogP) is 0.359. The van der Waals surface area contributed by atoms with E-state index in [2.05, 4.69) is 0 Å². The van der Waals surface area contributed by atoms with Gasteiger partial charge in [-0.1, -0.05) is 0 Å². The Morgan fingerprint density at radius 2 is 1.00 bits per heavy atom. The van der Waals surface area contributed by atoms with Crippen LogP contribution >= 0.6 is 9.90 Å². The summed E-state index contributed by atoms with van der Waals surface area (Å²) in [6.07, 6.45) is 0. The molecule has 0 rings (SSSR count). The Hall–Kier alpha value is 1.78. The van der Waals surface area contributed by atoms with Gasteiger partial charge in [-0.05, 0) is 0 Å². The van der Waals surface area contributed by atoms with Gasteiger partial charge in [-0.15, -0.1) is 0 Å². The SMILES string of the molecule is [Bi].[Co].[O].[P]. The van der Waals surface area contributed by atoms with Crippen LogP contribution in [0.2, 0.25) is 0 Å². The third-order valence-electron chi connectivity index (χ3n) is 0. The summed E-state index contributed by atoms with van der Waals surface area (Å²) in [6.45, 7) is 0. The van der Waals surface area contributed by atoms with Crippen molar-refractivity contribution < 1.29 is 22.3 Å². The van der Waals surface area contributed by atoms with Gasteiger partial charge in [-0.25, -0.2) is 0 Å². The zero-order chi connectivity index (χ0) is 0. The molecular weight excluding hydrogens is 315 g/mol. The van der Waals surface area contributed by atoms with E-state index in [1.54, 1.807) is 0 Å². The van der Waals surface area contributed by atoms with E-state index in [0.717, 1.165) is 0 Å². The summed E-state index contributed by atoms with van der Waals surface area (Å²) < 4.78 is 0. The van der Waals surface area contributed by atoms with Gasteiger partial charge in [-0.3, -0.25) is 0 Å². The van der Waals surface area contributed by atoms with Crippen molar-refractivity contribution in [2.45, 2.75) is 0 Å². The molecule has 0 saturated heterocycles. The fourth-order valence-corrected chi connectivity index (χ4v) is 0. The number of rotatable bonds is 0. The smallest absolute Gasteiger partial charge is 0 e. The average Bonchev–Trinajstić information content (AvgIpc) is 0. The molecule has 4 heteroatoms. The molecular formula is BiCoOP. The van der Waals surface area contributed by atoms with E-state index in [1.807, 2.05) is 0 Å². The molecule has 0 spiro atoms. The Kier molecular flexibility index (Phi) is 225. The summed E-state index contributed by atoms with van der Waals surface area (Å²) in [5.74, 6) is 0. The van der Waals surface area contributed by atoms with E-state index in [-0.39, 0.29) is 58.4 Å². The molecule has 0 saturated carbocycles. The number of hydrogen-bond donors (Lipinski definition) is 0. The first-order valence-corrected chi connectivity index (χ1v) is 0. The summed E-state index contributed by atoms with van der Waals surface area (Å²) in [7, 11) is 0. The molecule has 0 aliphatic carbocycles. The fourth-order valence-electron chi connectivity index (χ4n) is 0. The largest absolute Gasteiger partial charge is 0 e. The van der Waals surface area contributed by atoms with Crippen LogP contribution in [0.15, 0.2) is 0 Å². The van der Waals surface area contributed by atoms with E-state index in [0.29, 0.717) is 0 Å². The molecule has 9 radical (unpaired) electrons. The molecule has 0 heterocycles. The van der Waals surface area contributed by atoms with Crippen molar-refractivity contribution in [1.82, 2.24) is 0 Å². The summed E-state index contributed by atoms with van der Waals surface area (Å²) in [5.41, 5.74) is 0. The summed E-state index contributed by atoms with van der Waals surface area (Å²) in [4.78, 5) is 0. The first kappa shape index (κ1) is 41.7. The normalized spacial score (nSPS) is 0. The van der Waals surface area contributed by atoms with Gasteiger partial charge in [-0.2, -0.15) is 0 Å². The molecule has 0 atom stereocenters. The third kappa shape index (κ3) is 9.22. The second-order valence-corrected chi connectivity index (χ2v) is 0. The number of hydrogen-bond acceptors (Lipinski definition) is 0. The van der Waals surface area contributed by atoms with Crippen molar-refractivity contribution in [2.75, 3.05) is 0 Å². The molecule has 0 fully saturated rings. The Morgan fingerprint density at radius 3 is 1.00 bits per heavy atom. The fraction of sp³-hybridized carbons (Fsp3) is 0. The minimum Gasteiger partial charge on any atom is 0 e. The van der Waals surface area contributed by atoms with Crippen LogP contribution in [0.4, 0.5) is 0 Å². The first-order valence-electron chi connectivity index (χ1n) is 0. The molecule has 0 N–H and O–H groups in total. The zero-order valence-corrected chi connectivity index (χ0v) is 7.05. The van der Waals surface area contributed by atoms with Crippen LogP contribution in [-0.4, -0.2) is 26.2 Å².